The van der Waals surface area contributed by atoms with E-state index in [1.807, 2.05) is 0 Å². The van der Waals surface area contributed by atoms with Crippen molar-refractivity contribution in [1.29, 1.82) is 0 Å². The van der Waals surface area contributed by atoms with Crippen LogP contribution in [-0.4, -0.2) is 52.7 Å². The molecular weight excluding hydrogens is 412 g/mol. The molecular formula is C20H24N2O7S. The number of thiophene rings is 1. The molecule has 3 atom stereocenters. The lowest BCUT2D eigenvalue weighted by Crippen LogP contribution is -2.61. The van der Waals surface area contributed by atoms with Crippen molar-refractivity contribution in [3.8, 4) is 0 Å². The number of nitrogens with zero attached hydrogens (tertiary/aromatic N) is 1. The quantitative estimate of drug-likeness (QED) is 0.389. The molecule has 1 saturated heterocycles. The number of aliphatic hydroxyl groups is 1. The number of aliphatic hydroxyl groups excluding tert-OH is 1. The van der Waals surface area contributed by atoms with Crippen LogP contribution in [0, 0.1) is 11.3 Å². The summed E-state index contributed by atoms with van der Waals surface area (Å²) in [5.74, 6) is -2.96. The van der Waals surface area contributed by atoms with Crippen molar-refractivity contribution in [1.82, 2.24) is 4.90 Å². The Morgan fingerprint density at radius 2 is 2.00 bits per heavy atom. The first-order chi connectivity index (χ1) is 13.9. The molecule has 1 aromatic rings. The lowest BCUT2D eigenvalue weighted by molar-refractivity contribution is -0.175. The van der Waals surface area contributed by atoms with E-state index in [2.05, 4.69) is 0 Å². The molecule has 2 aliphatic heterocycles. The average Bonchev–Trinajstić information content (AvgIpc) is 3.23. The van der Waals surface area contributed by atoms with Crippen molar-refractivity contribution < 1.29 is 33.8 Å². The van der Waals surface area contributed by atoms with E-state index < -0.39 is 42.1 Å². The van der Waals surface area contributed by atoms with Gasteiger partial charge in [0.25, 0.3) is 0 Å². The minimum Gasteiger partial charge on any atom is -0.427 e. The average molecular weight is 436 g/mol. The molecule has 0 aromatic carbocycles. The Morgan fingerprint density at radius 1 is 1.33 bits per heavy atom. The van der Waals surface area contributed by atoms with Gasteiger partial charge in [-0.25, -0.2) is 4.79 Å². The third-order valence-corrected chi connectivity index (χ3v) is 6.09. The largest absolute Gasteiger partial charge is 0.427 e. The van der Waals surface area contributed by atoms with Gasteiger partial charge in [0.15, 0.2) is 0 Å². The first-order valence-electron chi connectivity index (χ1n) is 9.40. The highest BCUT2D eigenvalue weighted by Crippen LogP contribution is 2.48. The van der Waals surface area contributed by atoms with Crippen LogP contribution in [-0.2, 0) is 23.9 Å². The fourth-order valence-corrected chi connectivity index (χ4v) is 4.48. The maximum absolute atomic E-state index is 12.8. The molecule has 3 N–H and O–H groups in total. The minimum absolute atomic E-state index is 0.0339. The maximum Gasteiger partial charge on any atom is 0.358 e. The Bertz CT molecular complexity index is 941. The molecule has 0 aliphatic carbocycles. The van der Waals surface area contributed by atoms with Crippen LogP contribution in [0.1, 0.15) is 49.4 Å². The van der Waals surface area contributed by atoms with E-state index in [0.717, 1.165) is 0 Å². The standard InChI is InChI=1S/C20H24N2O7S/c1-9(23)14-12-6-11(13-5-10(7-30-13)16(21)24)15(22(12)17(14)25)18(26)28-8-29-19(27)20(2,3)4/h5,7,9,12,14,23H,6,8H2,1-4H3,(H2,21,24)/t9-,12-,14-/m1/s1. The third-order valence-electron chi connectivity index (χ3n) is 5.10. The highest BCUT2D eigenvalue weighted by molar-refractivity contribution is 7.11. The zero-order valence-corrected chi connectivity index (χ0v) is 17.9. The number of amides is 2. The number of primary amides is 1. The summed E-state index contributed by atoms with van der Waals surface area (Å²) in [6.45, 7) is 5.94. The molecule has 2 aliphatic rings. The Labute approximate surface area is 177 Å². The summed E-state index contributed by atoms with van der Waals surface area (Å²) in [6, 6.07) is 1.18. The molecule has 0 bridgehead atoms. The van der Waals surface area contributed by atoms with Gasteiger partial charge in [-0.3, -0.25) is 14.4 Å². The lowest BCUT2D eigenvalue weighted by Gasteiger charge is -2.44. The van der Waals surface area contributed by atoms with Gasteiger partial charge < -0.3 is 25.2 Å². The SMILES string of the molecule is C[C@@H](O)[C@H]1C(=O)N2C(C(=O)OCOC(=O)C(C)(C)C)=C(c3cc(C(N)=O)cs3)C[C@H]12. The summed E-state index contributed by atoms with van der Waals surface area (Å²) in [5, 5.41) is 11.5. The summed E-state index contributed by atoms with van der Waals surface area (Å²) in [6.07, 6.45) is -0.542. The molecule has 0 saturated carbocycles. The van der Waals surface area contributed by atoms with Crippen molar-refractivity contribution in [3.05, 3.63) is 27.6 Å². The van der Waals surface area contributed by atoms with Crippen LogP contribution in [0.3, 0.4) is 0 Å². The lowest BCUT2D eigenvalue weighted by atomic mass is 9.83. The van der Waals surface area contributed by atoms with Crippen molar-refractivity contribution in [2.75, 3.05) is 6.79 Å². The van der Waals surface area contributed by atoms with Crippen LogP contribution in [0.15, 0.2) is 17.1 Å². The van der Waals surface area contributed by atoms with Crippen molar-refractivity contribution in [2.45, 2.75) is 46.3 Å². The number of hydrogen-bond donors (Lipinski definition) is 2. The molecule has 0 unspecified atom stereocenters. The Hall–Kier alpha value is -2.72. The van der Waals surface area contributed by atoms with Crippen molar-refractivity contribution >= 4 is 40.7 Å². The summed E-state index contributed by atoms with van der Waals surface area (Å²) in [5.41, 5.74) is 5.42. The van der Waals surface area contributed by atoms with E-state index in [0.29, 0.717) is 22.4 Å². The van der Waals surface area contributed by atoms with Crippen LogP contribution in [0.4, 0.5) is 0 Å². The number of hydrogen-bond acceptors (Lipinski definition) is 8. The van der Waals surface area contributed by atoms with Gasteiger partial charge in [0.1, 0.15) is 5.70 Å². The summed E-state index contributed by atoms with van der Waals surface area (Å²) in [7, 11) is 0. The van der Waals surface area contributed by atoms with Crippen LogP contribution in [0.25, 0.3) is 5.57 Å². The van der Waals surface area contributed by atoms with Gasteiger partial charge in [-0.2, -0.15) is 0 Å². The highest BCUT2D eigenvalue weighted by Gasteiger charge is 2.57. The molecule has 9 nitrogen and oxygen atoms in total. The van der Waals surface area contributed by atoms with E-state index in [9.17, 15) is 24.3 Å². The van der Waals surface area contributed by atoms with Crippen LogP contribution in [0.2, 0.25) is 0 Å². The zero-order valence-electron chi connectivity index (χ0n) is 17.1. The molecule has 2 amide bonds. The van der Waals surface area contributed by atoms with E-state index in [-0.39, 0.29) is 17.6 Å². The van der Waals surface area contributed by atoms with E-state index in [4.69, 9.17) is 15.2 Å². The second kappa shape index (κ2) is 7.84. The molecule has 1 fully saturated rings. The number of rotatable bonds is 6. The summed E-state index contributed by atoms with van der Waals surface area (Å²) < 4.78 is 10.1. The molecule has 0 spiro atoms. The summed E-state index contributed by atoms with van der Waals surface area (Å²) in [4.78, 5) is 50.6. The number of esters is 2. The molecule has 30 heavy (non-hydrogen) atoms. The van der Waals surface area contributed by atoms with Gasteiger partial charge in [0.05, 0.1) is 29.0 Å². The number of fused-ring (bicyclic) bond motifs is 1. The van der Waals surface area contributed by atoms with Gasteiger partial charge in [0.2, 0.25) is 18.6 Å². The van der Waals surface area contributed by atoms with E-state index in [1.165, 1.54) is 23.2 Å². The molecule has 3 heterocycles. The second-order valence-electron chi connectivity index (χ2n) is 8.37. The second-order valence-corrected chi connectivity index (χ2v) is 9.28. The molecule has 162 valence electrons. The molecule has 3 rings (SSSR count). The smallest absolute Gasteiger partial charge is 0.358 e. The Morgan fingerprint density at radius 3 is 2.53 bits per heavy atom. The van der Waals surface area contributed by atoms with Gasteiger partial charge in [-0.1, -0.05) is 0 Å². The minimum atomic E-state index is -0.868. The predicted molar refractivity (Wildman–Crippen MR) is 107 cm³/mol. The van der Waals surface area contributed by atoms with Crippen molar-refractivity contribution in [3.63, 3.8) is 0 Å². The monoisotopic (exact) mass is 436 g/mol. The maximum atomic E-state index is 12.8. The number of β-lactam (4-membered cyclic amide) rings is 1. The van der Waals surface area contributed by atoms with Crippen LogP contribution < -0.4 is 5.73 Å². The van der Waals surface area contributed by atoms with Gasteiger partial charge in [-0.15, -0.1) is 11.3 Å². The van der Waals surface area contributed by atoms with Gasteiger partial charge >= 0.3 is 11.9 Å². The first-order valence-corrected chi connectivity index (χ1v) is 10.3. The summed E-state index contributed by atoms with van der Waals surface area (Å²) >= 11 is 1.22. The zero-order chi connectivity index (χ0) is 22.4. The first kappa shape index (κ1) is 22.0. The van der Waals surface area contributed by atoms with Crippen molar-refractivity contribution in [2.24, 2.45) is 17.1 Å². The number of nitrogens with two attached hydrogens (primary N) is 1. The number of carbonyl (C=O) groups is 4. The molecule has 0 radical (unpaired) electrons. The van der Waals surface area contributed by atoms with Gasteiger partial charge in [-0.05, 0) is 40.2 Å². The third kappa shape index (κ3) is 3.84. The van der Waals surface area contributed by atoms with Gasteiger partial charge in [0, 0.05) is 15.8 Å². The number of ether oxygens (including phenoxy) is 2. The topological polar surface area (TPSA) is 136 Å². The van der Waals surface area contributed by atoms with E-state index >= 15 is 0 Å². The Balaban J connectivity index is 1.85. The highest BCUT2D eigenvalue weighted by atomic mass is 32.1. The fourth-order valence-electron chi connectivity index (χ4n) is 3.52. The number of carbonyl (C=O) groups excluding carboxylic acids is 4. The Kier molecular flexibility index (Phi) is 5.74. The molecule has 10 heteroatoms. The van der Waals surface area contributed by atoms with Crippen LogP contribution in [0.5, 0.6) is 0 Å². The normalized spacial score (nSPS) is 21.8. The molecule has 1 aromatic heterocycles. The van der Waals surface area contributed by atoms with E-state index in [1.54, 1.807) is 32.2 Å². The van der Waals surface area contributed by atoms with Crippen LogP contribution >= 0.6 is 11.3 Å². The predicted octanol–water partition coefficient (Wildman–Crippen LogP) is 1.26. The fraction of sp³-hybridized carbons (Fsp3) is 0.500.